The molecule has 0 aromatic carbocycles. The zero-order valence-corrected chi connectivity index (χ0v) is 7.93. The van der Waals surface area contributed by atoms with Crippen molar-refractivity contribution in [1.82, 2.24) is 5.32 Å². The molecule has 1 N–H and O–H groups in total. The predicted molar refractivity (Wildman–Crippen MR) is 55.6 cm³/mol. The molecular weight excluding hydrogens is 170 g/mol. The van der Waals surface area contributed by atoms with Gasteiger partial charge in [-0.3, -0.25) is 4.79 Å². The van der Waals surface area contributed by atoms with Gasteiger partial charge in [0.05, 0.1) is 0 Å². The van der Waals surface area contributed by atoms with E-state index in [0.717, 1.165) is 13.0 Å². The normalized spacial score (nSPS) is 20.2. The van der Waals surface area contributed by atoms with E-state index >= 15 is 0 Å². The summed E-state index contributed by atoms with van der Waals surface area (Å²) in [4.78, 5) is 11.3. The Morgan fingerprint density at radius 2 is 2.25 bits per heavy atom. The van der Waals surface area contributed by atoms with Crippen LogP contribution in [0.3, 0.4) is 0 Å². The third-order valence-electron chi connectivity index (χ3n) is 1.41. The van der Waals surface area contributed by atoms with Crippen molar-refractivity contribution in [2.24, 2.45) is 0 Å². The number of nitrogens with one attached hydrogen (secondary N) is 1. The molecule has 1 aliphatic rings. The largest absolute Gasteiger partial charge is 0.347 e. The third kappa shape index (κ3) is 2.66. The molecule has 2 nitrogen and oxygen atoms in total. The Morgan fingerprint density at radius 1 is 1.42 bits per heavy atom. The number of hydrogen-bond donors (Lipinski definition) is 1. The molecule has 0 aromatic heterocycles. The van der Waals surface area contributed by atoms with Gasteiger partial charge in [0.15, 0.2) is 0 Å². The van der Waals surface area contributed by atoms with Crippen molar-refractivity contribution in [3.8, 4) is 0 Å². The van der Waals surface area contributed by atoms with E-state index in [-0.39, 0.29) is 15.7 Å². The maximum atomic E-state index is 11.3. The van der Waals surface area contributed by atoms with Crippen LogP contribution < -0.4 is 5.32 Å². The Labute approximate surface area is 75.3 Å². The first-order valence-electron chi connectivity index (χ1n) is 4.02. The summed E-state index contributed by atoms with van der Waals surface area (Å²) >= 11 is 0. The molecule has 0 spiro atoms. The van der Waals surface area contributed by atoms with E-state index in [2.05, 4.69) is 5.32 Å². The van der Waals surface area contributed by atoms with Gasteiger partial charge in [0.2, 0.25) is 0 Å². The van der Waals surface area contributed by atoms with Crippen LogP contribution >= 0.6 is 10.5 Å². The van der Waals surface area contributed by atoms with Crippen LogP contribution in [-0.4, -0.2) is 17.2 Å². The smallest absolute Gasteiger partial charge is 0.277 e. The summed E-state index contributed by atoms with van der Waals surface area (Å²) in [5, 5.41) is 6.82. The van der Waals surface area contributed by atoms with Gasteiger partial charge in [-0.15, -0.1) is 0 Å². The average Bonchev–Trinajstić information content (AvgIpc) is 2.15. The lowest BCUT2D eigenvalue weighted by molar-refractivity contribution is 0.261. The molecule has 0 saturated carbocycles. The fourth-order valence-corrected chi connectivity index (χ4v) is 1.93. The minimum absolute atomic E-state index is 0.123. The molecule has 66 valence electrons. The number of allylic oxidation sites excluding steroid dienone is 3. The molecular formula is C9H13NOS. The van der Waals surface area contributed by atoms with E-state index in [4.69, 9.17) is 0 Å². The van der Waals surface area contributed by atoms with Crippen LogP contribution in [0.5, 0.6) is 0 Å². The van der Waals surface area contributed by atoms with E-state index < -0.39 is 0 Å². The molecule has 0 fully saturated rings. The topological polar surface area (TPSA) is 29.1 Å². The minimum atomic E-state index is -0.333. The number of carbonyl (C=O) groups excluding carboxylic acids is 1. The van der Waals surface area contributed by atoms with Gasteiger partial charge in [0.1, 0.15) is 0 Å². The van der Waals surface area contributed by atoms with Gasteiger partial charge < -0.3 is 5.32 Å². The second-order valence-corrected chi connectivity index (χ2v) is 4.09. The SMILES string of the molecule is CCCNC(=O)S1=CC=CC=C1. The van der Waals surface area contributed by atoms with Gasteiger partial charge in [0.25, 0.3) is 5.24 Å². The number of amides is 1. The molecule has 0 saturated heterocycles. The standard InChI is InChI=1S/C9H13NOS/c1-2-6-10-9(11)12-7-4-3-5-8-12/h3-5,7-8H,2,6H2,1H3,(H,10,11). The summed E-state index contributed by atoms with van der Waals surface area (Å²) in [6, 6.07) is 0. The number of hydrogen-bond acceptors (Lipinski definition) is 1. The molecule has 0 bridgehead atoms. The first-order valence-corrected chi connectivity index (χ1v) is 5.37. The molecule has 0 aliphatic carbocycles. The van der Waals surface area contributed by atoms with E-state index in [9.17, 15) is 4.79 Å². The van der Waals surface area contributed by atoms with E-state index in [1.54, 1.807) is 0 Å². The predicted octanol–water partition coefficient (Wildman–Crippen LogP) is 2.26. The summed E-state index contributed by atoms with van der Waals surface area (Å²) in [6.07, 6.45) is 6.74. The Kier molecular flexibility index (Phi) is 3.80. The van der Waals surface area contributed by atoms with Gasteiger partial charge in [0, 0.05) is 6.54 Å². The fourth-order valence-electron chi connectivity index (χ4n) is 0.804. The zero-order valence-electron chi connectivity index (χ0n) is 7.12. The van der Waals surface area contributed by atoms with Crippen molar-refractivity contribution in [3.05, 3.63) is 23.6 Å². The van der Waals surface area contributed by atoms with Crippen LogP contribution in [-0.2, 0) is 0 Å². The summed E-state index contributed by atoms with van der Waals surface area (Å²) < 4.78 is 0. The summed E-state index contributed by atoms with van der Waals surface area (Å²) in [6.45, 7) is 2.82. The molecule has 1 unspecified atom stereocenters. The average molecular weight is 183 g/mol. The van der Waals surface area contributed by atoms with Crippen LogP contribution in [0.25, 0.3) is 0 Å². The molecule has 3 heteroatoms. The highest BCUT2D eigenvalue weighted by Crippen LogP contribution is 2.16. The molecule has 1 rings (SSSR count). The van der Waals surface area contributed by atoms with Crippen molar-refractivity contribution in [3.63, 3.8) is 0 Å². The van der Waals surface area contributed by atoms with Crippen LogP contribution in [0, 0.1) is 0 Å². The fraction of sp³-hybridized carbons (Fsp3) is 0.333. The van der Waals surface area contributed by atoms with Crippen molar-refractivity contribution < 1.29 is 4.79 Å². The van der Waals surface area contributed by atoms with Gasteiger partial charge in [-0.2, -0.15) is 0 Å². The molecule has 12 heavy (non-hydrogen) atoms. The van der Waals surface area contributed by atoms with Crippen LogP contribution in [0.4, 0.5) is 4.79 Å². The number of rotatable bonds is 2. The second kappa shape index (κ2) is 4.93. The summed E-state index contributed by atoms with van der Waals surface area (Å²) in [7, 11) is -0.333. The maximum absolute atomic E-state index is 11.3. The Bertz CT molecular complexity index is 253. The van der Waals surface area contributed by atoms with Crippen LogP contribution in [0.1, 0.15) is 13.3 Å². The van der Waals surface area contributed by atoms with E-state index in [1.807, 2.05) is 35.9 Å². The van der Waals surface area contributed by atoms with Crippen molar-refractivity contribution in [2.75, 3.05) is 6.54 Å². The summed E-state index contributed by atoms with van der Waals surface area (Å²) in [5.74, 6) is 0. The van der Waals surface area contributed by atoms with Gasteiger partial charge in [-0.25, -0.2) is 0 Å². The monoisotopic (exact) mass is 183 g/mol. The molecule has 1 atom stereocenters. The molecule has 0 radical (unpaired) electrons. The summed E-state index contributed by atoms with van der Waals surface area (Å²) in [5.41, 5.74) is 0. The highest BCUT2D eigenvalue weighted by atomic mass is 32.2. The first-order chi connectivity index (χ1) is 5.84. The Balaban J connectivity index is 2.47. The van der Waals surface area contributed by atoms with Crippen molar-refractivity contribution >= 4 is 21.1 Å². The van der Waals surface area contributed by atoms with E-state index in [0.29, 0.717) is 0 Å². The zero-order chi connectivity index (χ0) is 8.81. The van der Waals surface area contributed by atoms with E-state index in [1.165, 1.54) is 0 Å². The third-order valence-corrected chi connectivity index (χ3v) is 2.88. The lowest BCUT2D eigenvalue weighted by Gasteiger charge is -2.05. The van der Waals surface area contributed by atoms with Gasteiger partial charge >= 0.3 is 0 Å². The van der Waals surface area contributed by atoms with Gasteiger partial charge in [-0.1, -0.05) is 35.6 Å². The van der Waals surface area contributed by atoms with Crippen LogP contribution in [0.15, 0.2) is 23.6 Å². The number of carbonyl (C=O) groups is 1. The highest BCUT2D eigenvalue weighted by Gasteiger charge is 2.02. The quantitative estimate of drug-likeness (QED) is 0.654. The molecule has 1 heterocycles. The van der Waals surface area contributed by atoms with Crippen LogP contribution in [0.2, 0.25) is 0 Å². The second-order valence-electron chi connectivity index (χ2n) is 2.44. The Morgan fingerprint density at radius 3 is 2.83 bits per heavy atom. The lowest BCUT2D eigenvalue weighted by atomic mass is 10.5. The molecule has 1 amide bonds. The lowest BCUT2D eigenvalue weighted by Crippen LogP contribution is -2.20. The minimum Gasteiger partial charge on any atom is -0.347 e. The van der Waals surface area contributed by atoms with Gasteiger partial charge in [-0.05, 0) is 17.2 Å². The maximum Gasteiger partial charge on any atom is 0.277 e. The Hall–Kier alpha value is -0.830. The van der Waals surface area contributed by atoms with Crippen molar-refractivity contribution in [2.45, 2.75) is 13.3 Å². The highest BCUT2D eigenvalue weighted by molar-refractivity contribution is 8.30. The molecule has 0 aromatic rings. The first kappa shape index (κ1) is 9.26. The van der Waals surface area contributed by atoms with Crippen molar-refractivity contribution in [1.29, 1.82) is 0 Å². The molecule has 1 aliphatic heterocycles.